The van der Waals surface area contributed by atoms with Gasteiger partial charge >= 0.3 is 5.97 Å². The molecule has 3 rings (SSSR count). The number of guanidine groups is 1. The first-order valence-electron chi connectivity index (χ1n) is 10.1. The van der Waals surface area contributed by atoms with Gasteiger partial charge in [-0.1, -0.05) is 0 Å². The lowest BCUT2D eigenvalue weighted by Gasteiger charge is -2.33. The van der Waals surface area contributed by atoms with Crippen LogP contribution in [0.15, 0.2) is 4.99 Å². The highest BCUT2D eigenvalue weighted by Gasteiger charge is 2.34. The first-order chi connectivity index (χ1) is 12.2. The monoisotopic (exact) mass is 350 g/mol. The van der Waals surface area contributed by atoms with Crippen molar-refractivity contribution in [3.8, 4) is 0 Å². The third-order valence-electron chi connectivity index (χ3n) is 5.63. The fourth-order valence-electron chi connectivity index (χ4n) is 4.01. The van der Waals surface area contributed by atoms with Crippen LogP contribution in [0.25, 0.3) is 0 Å². The van der Waals surface area contributed by atoms with Crippen LogP contribution >= 0.6 is 0 Å². The molecular weight excluding hydrogens is 316 g/mol. The standard InChI is InChI=1S/C19H34N4O2/c1-3-20-19(21-13-15-7-10-23(14-15)17-5-6-17)22-11-8-16(9-12-22)18(24)25-4-2/h15-17H,3-14H2,1-2H3,(H,20,21). The Bertz CT molecular complexity index is 470. The van der Waals surface area contributed by atoms with Crippen molar-refractivity contribution in [2.75, 3.05) is 45.9 Å². The number of ether oxygens (including phenoxy) is 1. The number of nitrogens with zero attached hydrogens (tertiary/aromatic N) is 3. The molecule has 25 heavy (non-hydrogen) atoms. The summed E-state index contributed by atoms with van der Waals surface area (Å²) in [4.78, 5) is 21.8. The number of rotatable bonds is 6. The predicted molar refractivity (Wildman–Crippen MR) is 99.6 cm³/mol. The van der Waals surface area contributed by atoms with E-state index in [0.717, 1.165) is 51.0 Å². The number of esters is 1. The summed E-state index contributed by atoms with van der Waals surface area (Å²) in [7, 11) is 0. The summed E-state index contributed by atoms with van der Waals surface area (Å²) in [6, 6.07) is 0.879. The Morgan fingerprint density at radius 2 is 1.88 bits per heavy atom. The topological polar surface area (TPSA) is 57.2 Å². The first-order valence-corrected chi connectivity index (χ1v) is 10.1. The number of hydrogen-bond acceptors (Lipinski definition) is 4. The molecular formula is C19H34N4O2. The molecule has 0 aromatic carbocycles. The fourth-order valence-corrected chi connectivity index (χ4v) is 4.01. The molecule has 3 fully saturated rings. The Morgan fingerprint density at radius 1 is 1.12 bits per heavy atom. The average Bonchev–Trinajstić information content (AvgIpc) is 3.37. The molecule has 0 amide bonds. The normalized spacial score (nSPS) is 26.1. The first kappa shape index (κ1) is 18.5. The number of hydrogen-bond donors (Lipinski definition) is 1. The van der Waals surface area contributed by atoms with Gasteiger partial charge in [0.1, 0.15) is 0 Å². The SMILES string of the molecule is CCNC(=NCC1CCN(C2CC2)C1)N1CCC(C(=O)OCC)CC1. The van der Waals surface area contributed by atoms with Crippen molar-refractivity contribution < 1.29 is 9.53 Å². The molecule has 1 aliphatic carbocycles. The van der Waals surface area contributed by atoms with Gasteiger partial charge in [-0.25, -0.2) is 0 Å². The molecule has 0 spiro atoms. The van der Waals surface area contributed by atoms with Crippen molar-refractivity contribution in [3.05, 3.63) is 0 Å². The molecule has 6 heteroatoms. The van der Waals surface area contributed by atoms with Gasteiger partial charge in [-0.05, 0) is 58.4 Å². The van der Waals surface area contributed by atoms with Crippen molar-refractivity contribution >= 4 is 11.9 Å². The van der Waals surface area contributed by atoms with Crippen LogP contribution in [0.3, 0.4) is 0 Å². The average molecular weight is 351 g/mol. The summed E-state index contributed by atoms with van der Waals surface area (Å²) in [5.41, 5.74) is 0. The molecule has 1 saturated carbocycles. The summed E-state index contributed by atoms with van der Waals surface area (Å²) in [5.74, 6) is 1.75. The van der Waals surface area contributed by atoms with Crippen LogP contribution in [0.5, 0.6) is 0 Å². The highest BCUT2D eigenvalue weighted by molar-refractivity contribution is 5.80. The maximum Gasteiger partial charge on any atom is 0.309 e. The zero-order chi connectivity index (χ0) is 17.6. The second-order valence-corrected chi connectivity index (χ2v) is 7.59. The lowest BCUT2D eigenvalue weighted by molar-refractivity contribution is -0.149. The minimum Gasteiger partial charge on any atom is -0.466 e. The Kier molecular flexibility index (Phi) is 6.57. The van der Waals surface area contributed by atoms with E-state index in [1.165, 1.54) is 32.4 Å². The molecule has 0 radical (unpaired) electrons. The van der Waals surface area contributed by atoms with Crippen LogP contribution in [0.4, 0.5) is 0 Å². The van der Waals surface area contributed by atoms with E-state index in [1.807, 2.05) is 6.92 Å². The number of piperidine rings is 1. The molecule has 2 heterocycles. The van der Waals surface area contributed by atoms with Gasteiger partial charge < -0.3 is 19.9 Å². The van der Waals surface area contributed by atoms with Gasteiger partial charge in [0, 0.05) is 38.8 Å². The van der Waals surface area contributed by atoms with Crippen LogP contribution in [0.1, 0.15) is 46.0 Å². The van der Waals surface area contributed by atoms with Crippen LogP contribution in [0, 0.1) is 11.8 Å². The van der Waals surface area contributed by atoms with Gasteiger partial charge in [0.2, 0.25) is 0 Å². The van der Waals surface area contributed by atoms with Crippen molar-refractivity contribution in [3.63, 3.8) is 0 Å². The highest BCUT2D eigenvalue weighted by Crippen LogP contribution is 2.31. The van der Waals surface area contributed by atoms with E-state index in [0.29, 0.717) is 12.5 Å². The van der Waals surface area contributed by atoms with Gasteiger partial charge in [-0.15, -0.1) is 0 Å². The van der Waals surface area contributed by atoms with Crippen LogP contribution < -0.4 is 5.32 Å². The summed E-state index contributed by atoms with van der Waals surface area (Å²) in [5, 5.41) is 3.44. The molecule has 142 valence electrons. The third-order valence-corrected chi connectivity index (χ3v) is 5.63. The van der Waals surface area contributed by atoms with Crippen LogP contribution in [-0.2, 0) is 9.53 Å². The summed E-state index contributed by atoms with van der Waals surface area (Å²) in [6.07, 6.45) is 5.80. The molecule has 2 aliphatic heterocycles. The molecule has 3 aliphatic rings. The minimum atomic E-state index is -0.0322. The smallest absolute Gasteiger partial charge is 0.309 e. The number of likely N-dealkylation sites (tertiary alicyclic amines) is 2. The molecule has 1 N–H and O–H groups in total. The molecule has 0 bridgehead atoms. The molecule has 1 atom stereocenters. The van der Waals surface area contributed by atoms with Crippen molar-refractivity contribution in [2.45, 2.75) is 52.0 Å². The molecule has 0 aromatic heterocycles. The number of nitrogens with one attached hydrogen (secondary N) is 1. The van der Waals surface area contributed by atoms with E-state index in [4.69, 9.17) is 9.73 Å². The zero-order valence-corrected chi connectivity index (χ0v) is 15.9. The quantitative estimate of drug-likeness (QED) is 0.449. The Balaban J connectivity index is 1.48. The molecule has 1 unspecified atom stereocenters. The Labute approximate surface area is 152 Å². The predicted octanol–water partition coefficient (Wildman–Crippen LogP) is 1.71. The van der Waals surface area contributed by atoms with Gasteiger partial charge in [0.25, 0.3) is 0 Å². The van der Waals surface area contributed by atoms with E-state index in [1.54, 1.807) is 0 Å². The van der Waals surface area contributed by atoms with Crippen LogP contribution in [0.2, 0.25) is 0 Å². The van der Waals surface area contributed by atoms with E-state index in [9.17, 15) is 4.79 Å². The fraction of sp³-hybridized carbons (Fsp3) is 0.895. The Hall–Kier alpha value is -1.30. The third kappa shape index (κ3) is 5.09. The second-order valence-electron chi connectivity index (χ2n) is 7.59. The van der Waals surface area contributed by atoms with Crippen molar-refractivity contribution in [2.24, 2.45) is 16.8 Å². The summed E-state index contributed by atoms with van der Waals surface area (Å²) >= 11 is 0. The molecule has 2 saturated heterocycles. The van der Waals surface area contributed by atoms with Crippen molar-refractivity contribution in [1.82, 2.24) is 15.1 Å². The largest absolute Gasteiger partial charge is 0.466 e. The van der Waals surface area contributed by atoms with Crippen LogP contribution in [-0.4, -0.2) is 73.6 Å². The Morgan fingerprint density at radius 3 is 2.52 bits per heavy atom. The van der Waals surface area contributed by atoms with Gasteiger partial charge in [-0.3, -0.25) is 9.79 Å². The summed E-state index contributed by atoms with van der Waals surface area (Å²) < 4.78 is 5.17. The van der Waals surface area contributed by atoms with E-state index in [-0.39, 0.29) is 11.9 Å². The van der Waals surface area contributed by atoms with Gasteiger partial charge in [0.05, 0.1) is 12.5 Å². The number of carbonyl (C=O) groups is 1. The second kappa shape index (κ2) is 8.88. The maximum absolute atomic E-state index is 11.9. The maximum atomic E-state index is 11.9. The number of carbonyl (C=O) groups excluding carboxylic acids is 1. The minimum absolute atomic E-state index is 0.0322. The van der Waals surface area contributed by atoms with E-state index >= 15 is 0 Å². The van der Waals surface area contributed by atoms with Gasteiger partial charge in [0.15, 0.2) is 5.96 Å². The lowest BCUT2D eigenvalue weighted by Crippen LogP contribution is -2.47. The zero-order valence-electron chi connectivity index (χ0n) is 15.9. The summed E-state index contributed by atoms with van der Waals surface area (Å²) in [6.45, 7) is 10.5. The van der Waals surface area contributed by atoms with Crippen molar-refractivity contribution in [1.29, 1.82) is 0 Å². The van der Waals surface area contributed by atoms with E-state index < -0.39 is 0 Å². The molecule has 0 aromatic rings. The van der Waals surface area contributed by atoms with E-state index in [2.05, 4.69) is 22.0 Å². The number of aliphatic imine (C=N–C) groups is 1. The highest BCUT2D eigenvalue weighted by atomic mass is 16.5. The van der Waals surface area contributed by atoms with Gasteiger partial charge in [-0.2, -0.15) is 0 Å². The molecule has 6 nitrogen and oxygen atoms in total. The lowest BCUT2D eigenvalue weighted by atomic mass is 9.97.